The molecular weight excluding hydrogens is 431 g/mol. The predicted molar refractivity (Wildman–Crippen MR) is 100 cm³/mol. The van der Waals surface area contributed by atoms with Gasteiger partial charge in [0.05, 0.1) is 9.82 Å². The minimum absolute atomic E-state index is 0.139. The highest BCUT2D eigenvalue weighted by Gasteiger charge is 2.47. The lowest BCUT2D eigenvalue weighted by Crippen LogP contribution is -2.23. The molecule has 1 N–H and O–H groups in total. The second-order valence-electron chi connectivity index (χ2n) is 5.74. The number of halogens is 3. The number of rotatable bonds is 6. The number of nitro benzene ring substituents is 1. The van der Waals surface area contributed by atoms with E-state index in [9.17, 15) is 31.7 Å². The molecule has 1 heterocycles. The lowest BCUT2D eigenvalue weighted by Gasteiger charge is -2.19. The van der Waals surface area contributed by atoms with Crippen LogP contribution in [0.4, 0.5) is 24.5 Å². The van der Waals surface area contributed by atoms with Gasteiger partial charge in [-0.3, -0.25) is 10.1 Å². The number of aromatic nitrogens is 1. The summed E-state index contributed by atoms with van der Waals surface area (Å²) in [6, 6.07) is 10.2. The molecule has 2 aromatic carbocycles. The van der Waals surface area contributed by atoms with E-state index < -0.39 is 36.9 Å². The molecule has 3 aromatic rings. The predicted octanol–water partition coefficient (Wildman–Crippen LogP) is 4.55. The first-order valence-corrected chi connectivity index (χ1v) is 10.3. The number of thiazole rings is 1. The van der Waals surface area contributed by atoms with Gasteiger partial charge in [-0.15, -0.1) is 11.3 Å². The summed E-state index contributed by atoms with van der Waals surface area (Å²) in [7, 11) is -5.72. The second-order valence-corrected chi connectivity index (χ2v) is 8.61. The Hall–Kier alpha value is -2.99. The van der Waals surface area contributed by atoms with Gasteiger partial charge in [-0.05, 0) is 17.7 Å². The number of benzene rings is 2. The maximum atomic E-state index is 12.8. The van der Waals surface area contributed by atoms with Crippen molar-refractivity contribution in [3.8, 4) is 0 Å². The zero-order valence-electron chi connectivity index (χ0n) is 14.3. The van der Waals surface area contributed by atoms with E-state index in [2.05, 4.69) is 10.3 Å². The molecule has 0 radical (unpaired) electrons. The van der Waals surface area contributed by atoms with E-state index >= 15 is 0 Å². The Morgan fingerprint density at radius 1 is 1.14 bits per heavy atom. The molecule has 0 fully saturated rings. The highest BCUT2D eigenvalue weighted by atomic mass is 32.2. The molecule has 3 rings (SSSR count). The Kier molecular flexibility index (Phi) is 5.57. The van der Waals surface area contributed by atoms with Crippen molar-refractivity contribution in [2.24, 2.45) is 0 Å². The topological polar surface area (TPSA) is 102 Å². The summed E-state index contributed by atoms with van der Waals surface area (Å²) in [5.74, 6) is 0. The van der Waals surface area contributed by atoms with Gasteiger partial charge in [-0.2, -0.15) is 13.2 Å². The largest absolute Gasteiger partial charge is 0.501 e. The maximum absolute atomic E-state index is 12.8. The third-order valence-corrected chi connectivity index (χ3v) is 6.24. The third-order valence-electron chi connectivity index (χ3n) is 3.91. The minimum atomic E-state index is -5.72. The molecule has 1 atom stereocenters. The van der Waals surface area contributed by atoms with Crippen LogP contribution in [0.2, 0.25) is 0 Å². The second kappa shape index (κ2) is 7.79. The molecule has 0 saturated carbocycles. The number of hydrogen-bond acceptors (Lipinski definition) is 7. The summed E-state index contributed by atoms with van der Waals surface area (Å²) in [6.45, 7) is 0. The first-order valence-electron chi connectivity index (χ1n) is 7.92. The Bertz CT molecular complexity index is 1120. The first kappa shape index (κ1) is 20.7. The summed E-state index contributed by atoms with van der Waals surface area (Å²) in [6.07, 6.45) is 1.55. The van der Waals surface area contributed by atoms with Gasteiger partial charge in [-0.25, -0.2) is 13.4 Å². The summed E-state index contributed by atoms with van der Waals surface area (Å²) in [5.41, 5.74) is -5.79. The fourth-order valence-corrected chi connectivity index (χ4v) is 4.05. The van der Waals surface area contributed by atoms with Gasteiger partial charge < -0.3 is 5.32 Å². The van der Waals surface area contributed by atoms with E-state index in [0.717, 1.165) is 6.07 Å². The van der Waals surface area contributed by atoms with E-state index in [1.807, 2.05) is 0 Å². The molecule has 7 nitrogen and oxygen atoms in total. The van der Waals surface area contributed by atoms with Crippen LogP contribution < -0.4 is 5.32 Å². The zero-order valence-corrected chi connectivity index (χ0v) is 16.0. The first-order chi connectivity index (χ1) is 13.6. The zero-order chi connectivity index (χ0) is 21.2. The summed E-state index contributed by atoms with van der Waals surface area (Å²) in [4.78, 5) is 13.5. The van der Waals surface area contributed by atoms with E-state index in [-0.39, 0.29) is 5.69 Å². The van der Waals surface area contributed by atoms with Gasteiger partial charge in [0.25, 0.3) is 15.5 Å². The fourth-order valence-electron chi connectivity index (χ4n) is 2.55. The van der Waals surface area contributed by atoms with Crippen LogP contribution in [-0.2, 0) is 9.84 Å². The van der Waals surface area contributed by atoms with Crippen molar-refractivity contribution in [1.29, 1.82) is 0 Å². The van der Waals surface area contributed by atoms with Crippen molar-refractivity contribution in [2.75, 3.05) is 5.32 Å². The van der Waals surface area contributed by atoms with Gasteiger partial charge in [0.1, 0.15) is 16.7 Å². The molecule has 0 saturated heterocycles. The molecule has 0 aliphatic rings. The monoisotopic (exact) mass is 443 g/mol. The Balaban J connectivity index is 2.07. The van der Waals surface area contributed by atoms with Gasteiger partial charge in [0, 0.05) is 17.6 Å². The SMILES string of the molecule is O=[N+]([O-])c1cc(S(=O)(=O)C(F)(F)F)ccc1NC(c1ccccc1)c1nccs1. The van der Waals surface area contributed by atoms with E-state index in [1.165, 1.54) is 11.3 Å². The smallest absolute Gasteiger partial charge is 0.366 e. The van der Waals surface area contributed by atoms with Gasteiger partial charge in [0.2, 0.25) is 0 Å². The number of anilines is 1. The number of alkyl halides is 3. The van der Waals surface area contributed by atoms with Crippen molar-refractivity contribution in [1.82, 2.24) is 4.98 Å². The molecule has 0 spiro atoms. The Labute approximate surface area is 166 Å². The van der Waals surface area contributed by atoms with Crippen LogP contribution in [0.25, 0.3) is 0 Å². The highest BCUT2D eigenvalue weighted by Crippen LogP contribution is 2.37. The Morgan fingerprint density at radius 2 is 1.83 bits per heavy atom. The quantitative estimate of drug-likeness (QED) is 0.443. The van der Waals surface area contributed by atoms with Crippen LogP contribution in [0, 0.1) is 10.1 Å². The third kappa shape index (κ3) is 4.22. The van der Waals surface area contributed by atoms with Crippen LogP contribution in [0.5, 0.6) is 0 Å². The average Bonchev–Trinajstić information content (AvgIpc) is 3.20. The molecule has 0 aliphatic carbocycles. The summed E-state index contributed by atoms with van der Waals surface area (Å²) >= 11 is 1.28. The number of nitrogens with one attached hydrogen (secondary N) is 1. The average molecular weight is 443 g/mol. The normalized spacial score (nSPS) is 13.1. The summed E-state index contributed by atoms with van der Waals surface area (Å²) in [5, 5.41) is 16.6. The minimum Gasteiger partial charge on any atom is -0.366 e. The van der Waals surface area contributed by atoms with E-state index in [4.69, 9.17) is 0 Å². The van der Waals surface area contributed by atoms with E-state index in [1.54, 1.807) is 41.9 Å². The molecular formula is C17H12F3N3O4S2. The van der Waals surface area contributed by atoms with Crippen molar-refractivity contribution >= 4 is 32.5 Å². The maximum Gasteiger partial charge on any atom is 0.501 e. The fraction of sp³-hybridized carbons (Fsp3) is 0.118. The molecule has 0 amide bonds. The standard InChI is InChI=1S/C17H12F3N3O4S2/c18-17(19,20)29(26,27)12-6-7-13(14(10-12)23(24)25)22-15(16-21-8-9-28-16)11-4-2-1-3-5-11/h1-10,15,22H. The number of sulfone groups is 1. The van der Waals surface area contributed by atoms with E-state index in [0.29, 0.717) is 22.7 Å². The molecule has 1 aromatic heterocycles. The van der Waals surface area contributed by atoms with Crippen LogP contribution in [0.15, 0.2) is 65.0 Å². The molecule has 1 unspecified atom stereocenters. The number of hydrogen-bond donors (Lipinski definition) is 1. The molecule has 0 bridgehead atoms. The van der Waals surface area contributed by atoms with Crippen molar-refractivity contribution in [3.63, 3.8) is 0 Å². The van der Waals surface area contributed by atoms with Crippen molar-refractivity contribution in [2.45, 2.75) is 16.4 Å². The van der Waals surface area contributed by atoms with Gasteiger partial charge >= 0.3 is 5.51 Å². The van der Waals surface area contributed by atoms with Crippen molar-refractivity contribution < 1.29 is 26.5 Å². The lowest BCUT2D eigenvalue weighted by atomic mass is 10.1. The van der Waals surface area contributed by atoms with Gasteiger partial charge in [0.15, 0.2) is 0 Å². The van der Waals surface area contributed by atoms with Crippen LogP contribution in [0.1, 0.15) is 16.6 Å². The number of nitrogens with zero attached hydrogens (tertiary/aromatic N) is 2. The molecule has 0 aliphatic heterocycles. The Morgan fingerprint density at radius 3 is 2.38 bits per heavy atom. The van der Waals surface area contributed by atoms with Crippen LogP contribution >= 0.6 is 11.3 Å². The van der Waals surface area contributed by atoms with Crippen molar-refractivity contribution in [3.05, 3.63) is 80.8 Å². The van der Waals surface area contributed by atoms with Crippen LogP contribution in [0.3, 0.4) is 0 Å². The molecule has 29 heavy (non-hydrogen) atoms. The van der Waals surface area contributed by atoms with Gasteiger partial charge in [-0.1, -0.05) is 30.3 Å². The van der Waals surface area contributed by atoms with Crippen LogP contribution in [-0.4, -0.2) is 23.8 Å². The number of nitro groups is 1. The lowest BCUT2D eigenvalue weighted by molar-refractivity contribution is -0.384. The summed E-state index contributed by atoms with van der Waals surface area (Å²) < 4.78 is 61.6. The molecule has 12 heteroatoms. The highest BCUT2D eigenvalue weighted by molar-refractivity contribution is 7.92. The molecule has 152 valence electrons.